The zero-order chi connectivity index (χ0) is 15.5. The van der Waals surface area contributed by atoms with E-state index in [1.807, 2.05) is 24.3 Å². The third-order valence-electron chi connectivity index (χ3n) is 3.04. The molecular weight excluding hydrogens is 304 g/mol. The molecule has 3 rings (SSSR count). The number of carbonyl (C=O) groups excluding carboxylic acids is 2. The zero-order valence-electron chi connectivity index (χ0n) is 11.7. The van der Waals surface area contributed by atoms with E-state index in [-0.39, 0.29) is 12.5 Å². The molecule has 0 atom stereocenters. The molecule has 2 heterocycles. The monoisotopic (exact) mass is 316 g/mol. The number of aromatic nitrogens is 1. The minimum atomic E-state index is -0.479. The number of nitrogens with zero attached hydrogens (tertiary/aromatic N) is 1. The van der Waals surface area contributed by atoms with Crippen LogP contribution in [-0.2, 0) is 9.53 Å². The van der Waals surface area contributed by atoms with Gasteiger partial charge >= 0.3 is 5.97 Å². The molecule has 0 saturated heterocycles. The molecule has 0 saturated carbocycles. The van der Waals surface area contributed by atoms with Gasteiger partial charge in [0.15, 0.2) is 5.13 Å². The molecular formula is C15H12N2O4S. The lowest BCUT2D eigenvalue weighted by atomic mass is 10.1. The van der Waals surface area contributed by atoms with E-state index in [2.05, 4.69) is 15.0 Å². The van der Waals surface area contributed by atoms with Gasteiger partial charge in [-0.25, -0.2) is 9.78 Å². The highest BCUT2D eigenvalue weighted by Crippen LogP contribution is 2.26. The second-order valence-electron chi connectivity index (χ2n) is 4.47. The molecule has 2 aromatic rings. The average molecular weight is 316 g/mol. The third kappa shape index (κ3) is 2.84. The maximum atomic E-state index is 12.2. The molecule has 1 aliphatic rings. The Morgan fingerprint density at radius 3 is 3.00 bits per heavy atom. The lowest BCUT2D eigenvalue weighted by Gasteiger charge is -2.16. The van der Waals surface area contributed by atoms with Gasteiger partial charge in [0, 0.05) is 5.56 Å². The number of nitrogens with one attached hydrogen (secondary N) is 1. The zero-order valence-corrected chi connectivity index (χ0v) is 12.5. The Bertz CT molecular complexity index is 766. The van der Waals surface area contributed by atoms with Crippen LogP contribution in [0, 0.1) is 0 Å². The predicted molar refractivity (Wildman–Crippen MR) is 82.0 cm³/mol. The van der Waals surface area contributed by atoms with Crippen molar-refractivity contribution in [1.82, 2.24) is 4.98 Å². The van der Waals surface area contributed by atoms with Crippen LogP contribution in [0.3, 0.4) is 0 Å². The minimum Gasteiger partial charge on any atom is -0.488 e. The maximum absolute atomic E-state index is 12.2. The van der Waals surface area contributed by atoms with E-state index in [1.165, 1.54) is 13.3 Å². The molecule has 7 heteroatoms. The molecule has 0 bridgehead atoms. The fraction of sp³-hybridized carbons (Fsp3) is 0.133. The maximum Gasteiger partial charge on any atom is 0.349 e. The minimum absolute atomic E-state index is 0.193. The number of benzene rings is 1. The summed E-state index contributed by atoms with van der Waals surface area (Å²) in [4.78, 5) is 27.9. The molecule has 1 aromatic carbocycles. The first-order valence-electron chi connectivity index (χ1n) is 6.45. The summed E-state index contributed by atoms with van der Waals surface area (Å²) in [5.74, 6) is -0.0336. The molecule has 112 valence electrons. The van der Waals surface area contributed by atoms with Crippen molar-refractivity contribution in [2.75, 3.05) is 19.0 Å². The van der Waals surface area contributed by atoms with Crippen molar-refractivity contribution < 1.29 is 19.1 Å². The van der Waals surface area contributed by atoms with Crippen molar-refractivity contribution in [3.05, 3.63) is 46.5 Å². The summed E-state index contributed by atoms with van der Waals surface area (Å²) < 4.78 is 10.1. The summed E-state index contributed by atoms with van der Waals surface area (Å²) in [6.07, 6.45) is 3.15. The highest BCUT2D eigenvalue weighted by Gasteiger charge is 2.19. The van der Waals surface area contributed by atoms with Gasteiger partial charge in [-0.3, -0.25) is 10.1 Å². The SMILES string of the molecule is COC(=O)c1cnc(NC(=O)C2=Cc3ccccc3OC2)s1. The second-order valence-corrected chi connectivity index (χ2v) is 5.50. The summed E-state index contributed by atoms with van der Waals surface area (Å²) in [5.41, 5.74) is 1.35. The van der Waals surface area contributed by atoms with E-state index >= 15 is 0 Å². The molecule has 0 spiro atoms. The Hall–Kier alpha value is -2.67. The number of para-hydroxylation sites is 1. The van der Waals surface area contributed by atoms with E-state index in [0.29, 0.717) is 15.6 Å². The fourth-order valence-corrected chi connectivity index (χ4v) is 2.68. The summed E-state index contributed by atoms with van der Waals surface area (Å²) in [5, 5.41) is 2.99. The van der Waals surface area contributed by atoms with Crippen molar-refractivity contribution in [1.29, 1.82) is 0 Å². The molecule has 0 radical (unpaired) electrons. The number of carbonyl (C=O) groups is 2. The summed E-state index contributed by atoms with van der Waals surface area (Å²) >= 11 is 1.06. The van der Waals surface area contributed by atoms with Gasteiger partial charge < -0.3 is 9.47 Å². The van der Waals surface area contributed by atoms with Gasteiger partial charge in [0.2, 0.25) is 0 Å². The van der Waals surface area contributed by atoms with Gasteiger partial charge in [0.1, 0.15) is 17.2 Å². The van der Waals surface area contributed by atoms with Crippen LogP contribution < -0.4 is 10.1 Å². The number of amides is 1. The smallest absolute Gasteiger partial charge is 0.349 e. The number of anilines is 1. The molecule has 1 amide bonds. The number of hydrogen-bond donors (Lipinski definition) is 1. The van der Waals surface area contributed by atoms with Gasteiger partial charge in [0.05, 0.1) is 18.9 Å². The quantitative estimate of drug-likeness (QED) is 0.880. The van der Waals surface area contributed by atoms with Crippen LogP contribution in [0.1, 0.15) is 15.2 Å². The first kappa shape index (κ1) is 14.3. The van der Waals surface area contributed by atoms with E-state index in [1.54, 1.807) is 6.08 Å². The molecule has 0 aliphatic carbocycles. The van der Waals surface area contributed by atoms with E-state index in [4.69, 9.17) is 4.74 Å². The van der Waals surface area contributed by atoms with E-state index in [9.17, 15) is 9.59 Å². The highest BCUT2D eigenvalue weighted by molar-refractivity contribution is 7.17. The van der Waals surface area contributed by atoms with Crippen LogP contribution in [0.25, 0.3) is 6.08 Å². The van der Waals surface area contributed by atoms with Crippen LogP contribution in [0.2, 0.25) is 0 Å². The Kier molecular flexibility index (Phi) is 3.88. The number of hydrogen-bond acceptors (Lipinski definition) is 6. The summed E-state index contributed by atoms with van der Waals surface area (Å²) in [6, 6.07) is 7.48. The Morgan fingerprint density at radius 1 is 1.36 bits per heavy atom. The van der Waals surface area contributed by atoms with Gasteiger partial charge in [-0.2, -0.15) is 0 Å². The summed E-state index contributed by atoms with van der Waals surface area (Å²) in [6.45, 7) is 0.193. The lowest BCUT2D eigenvalue weighted by molar-refractivity contribution is -0.113. The molecule has 1 aromatic heterocycles. The van der Waals surface area contributed by atoms with Crippen molar-refractivity contribution in [2.24, 2.45) is 0 Å². The molecule has 6 nitrogen and oxygen atoms in total. The average Bonchev–Trinajstić information content (AvgIpc) is 3.02. The number of methoxy groups -OCH3 is 1. The van der Waals surface area contributed by atoms with Crippen LogP contribution in [-0.4, -0.2) is 30.6 Å². The molecule has 22 heavy (non-hydrogen) atoms. The Balaban J connectivity index is 1.74. The van der Waals surface area contributed by atoms with Crippen LogP contribution in [0.4, 0.5) is 5.13 Å². The summed E-state index contributed by atoms with van der Waals surface area (Å²) in [7, 11) is 1.29. The second kappa shape index (κ2) is 5.98. The predicted octanol–water partition coefficient (Wildman–Crippen LogP) is 2.34. The Labute approximate surface area is 130 Å². The van der Waals surface area contributed by atoms with Gasteiger partial charge in [-0.1, -0.05) is 29.5 Å². The number of thiazole rings is 1. The largest absolute Gasteiger partial charge is 0.488 e. The van der Waals surface area contributed by atoms with Gasteiger partial charge in [-0.05, 0) is 12.1 Å². The number of fused-ring (bicyclic) bond motifs is 1. The topological polar surface area (TPSA) is 77.5 Å². The molecule has 0 fully saturated rings. The fourth-order valence-electron chi connectivity index (χ4n) is 1.95. The number of rotatable bonds is 3. The van der Waals surface area contributed by atoms with E-state index in [0.717, 1.165) is 22.6 Å². The van der Waals surface area contributed by atoms with Crippen molar-refractivity contribution >= 4 is 34.4 Å². The molecule has 1 N–H and O–H groups in total. The van der Waals surface area contributed by atoms with Crippen LogP contribution >= 0.6 is 11.3 Å². The van der Waals surface area contributed by atoms with Crippen LogP contribution in [0.15, 0.2) is 36.0 Å². The lowest BCUT2D eigenvalue weighted by Crippen LogP contribution is -2.21. The van der Waals surface area contributed by atoms with E-state index < -0.39 is 5.97 Å². The van der Waals surface area contributed by atoms with Crippen molar-refractivity contribution in [3.8, 4) is 5.75 Å². The highest BCUT2D eigenvalue weighted by atomic mass is 32.1. The first-order chi connectivity index (χ1) is 10.7. The standard InChI is InChI=1S/C15H12N2O4S/c1-20-14(19)12-7-16-15(22-12)17-13(18)10-6-9-4-2-3-5-11(9)21-8-10/h2-7H,8H2,1H3,(H,16,17,18). The Morgan fingerprint density at radius 2 is 2.18 bits per heavy atom. The van der Waals surface area contributed by atoms with Crippen LogP contribution in [0.5, 0.6) is 5.75 Å². The first-order valence-corrected chi connectivity index (χ1v) is 7.27. The third-order valence-corrected chi connectivity index (χ3v) is 3.93. The molecule has 0 unspecified atom stereocenters. The number of esters is 1. The van der Waals surface area contributed by atoms with Gasteiger partial charge in [-0.15, -0.1) is 0 Å². The molecule has 1 aliphatic heterocycles. The van der Waals surface area contributed by atoms with Gasteiger partial charge in [0.25, 0.3) is 5.91 Å². The van der Waals surface area contributed by atoms with Crippen molar-refractivity contribution in [3.63, 3.8) is 0 Å². The van der Waals surface area contributed by atoms with Crippen molar-refractivity contribution in [2.45, 2.75) is 0 Å². The normalized spacial score (nSPS) is 12.7. The number of ether oxygens (including phenoxy) is 2.